The lowest BCUT2D eigenvalue weighted by molar-refractivity contribution is -0.137. The Balaban J connectivity index is 2.10. The average Bonchev–Trinajstić information content (AvgIpc) is 2.62. The van der Waals surface area contributed by atoms with Crippen LogP contribution in [0.25, 0.3) is 0 Å². The van der Waals surface area contributed by atoms with Gasteiger partial charge in [0.05, 0.1) is 5.56 Å². The van der Waals surface area contributed by atoms with Crippen molar-refractivity contribution in [2.24, 2.45) is 5.92 Å². The Kier molecular flexibility index (Phi) is 3.69. The summed E-state index contributed by atoms with van der Waals surface area (Å²) in [5.41, 5.74) is -0.887. The maximum atomic E-state index is 12.4. The Hall–Kier alpha value is -2.42. The molecule has 1 heterocycles. The van der Waals surface area contributed by atoms with E-state index in [1.54, 1.807) is 5.32 Å². The summed E-state index contributed by atoms with van der Waals surface area (Å²) in [5, 5.41) is 13.3. The zero-order chi connectivity index (χ0) is 15.8. The first-order valence-corrected chi connectivity index (χ1v) is 5.71. The molecule has 2 atom stereocenters. The Morgan fingerprint density at radius 2 is 1.71 bits per heavy atom. The Morgan fingerprint density at radius 1 is 1.14 bits per heavy atom. The molecule has 0 aromatic heterocycles. The van der Waals surface area contributed by atoms with Crippen molar-refractivity contribution in [2.75, 3.05) is 5.32 Å². The van der Waals surface area contributed by atoms with E-state index in [1.165, 1.54) is 0 Å². The zero-order valence-corrected chi connectivity index (χ0v) is 10.3. The number of anilines is 1. The number of hydrogen-bond acceptors (Lipinski definition) is 4. The number of hydrogen-bond donors (Lipinski definition) is 3. The van der Waals surface area contributed by atoms with Crippen molar-refractivity contribution in [1.29, 1.82) is 0 Å². The van der Waals surface area contributed by atoms with Crippen LogP contribution in [0.15, 0.2) is 24.3 Å². The molecule has 6 nitrogen and oxygen atoms in total. The monoisotopic (exact) mass is 302 g/mol. The predicted molar refractivity (Wildman–Crippen MR) is 62.7 cm³/mol. The van der Waals surface area contributed by atoms with E-state index in [-0.39, 0.29) is 5.69 Å². The van der Waals surface area contributed by atoms with Gasteiger partial charge in [-0.25, -0.2) is 0 Å². The maximum absolute atomic E-state index is 12.4. The third-order valence-corrected chi connectivity index (χ3v) is 2.88. The number of benzene rings is 1. The SMILES string of the molecule is O=C1NC(=O)C(C(=O)Nc2ccc(C(F)(F)F)cc2)C1O. The molecule has 0 spiro atoms. The fourth-order valence-corrected chi connectivity index (χ4v) is 1.79. The lowest BCUT2D eigenvalue weighted by atomic mass is 10.0. The number of carbonyl (C=O) groups is 3. The van der Waals surface area contributed by atoms with Gasteiger partial charge in [0.15, 0.2) is 12.0 Å². The van der Waals surface area contributed by atoms with Crippen LogP contribution >= 0.6 is 0 Å². The first kappa shape index (κ1) is 15.0. The van der Waals surface area contributed by atoms with Gasteiger partial charge in [0.25, 0.3) is 5.91 Å². The molecule has 0 aliphatic carbocycles. The molecule has 3 N–H and O–H groups in total. The van der Waals surface area contributed by atoms with Gasteiger partial charge in [0, 0.05) is 5.69 Å². The summed E-state index contributed by atoms with van der Waals surface area (Å²) in [5.74, 6) is -4.56. The van der Waals surface area contributed by atoms with Crippen LogP contribution in [0.3, 0.4) is 0 Å². The van der Waals surface area contributed by atoms with Gasteiger partial charge in [-0.05, 0) is 24.3 Å². The van der Waals surface area contributed by atoms with Gasteiger partial charge >= 0.3 is 6.18 Å². The lowest BCUT2D eigenvalue weighted by Gasteiger charge is -2.12. The molecule has 21 heavy (non-hydrogen) atoms. The number of amides is 3. The maximum Gasteiger partial charge on any atom is 0.416 e. The Morgan fingerprint density at radius 3 is 2.14 bits per heavy atom. The number of nitrogens with one attached hydrogen (secondary N) is 2. The van der Waals surface area contributed by atoms with Crippen LogP contribution < -0.4 is 10.6 Å². The summed E-state index contributed by atoms with van der Waals surface area (Å²) in [7, 11) is 0. The summed E-state index contributed by atoms with van der Waals surface area (Å²) in [4.78, 5) is 34.1. The van der Waals surface area contributed by atoms with Crippen LogP contribution in [0, 0.1) is 5.92 Å². The number of aliphatic hydroxyl groups is 1. The minimum Gasteiger partial charge on any atom is -0.382 e. The number of aliphatic hydroxyl groups excluding tert-OH is 1. The molecule has 1 aromatic carbocycles. The molecular formula is C12H9F3N2O4. The predicted octanol–water partition coefficient (Wildman–Crippen LogP) is 0.277. The quantitative estimate of drug-likeness (QED) is 0.540. The number of rotatable bonds is 2. The van der Waals surface area contributed by atoms with Crippen molar-refractivity contribution in [3.8, 4) is 0 Å². The summed E-state index contributed by atoms with van der Waals surface area (Å²) in [6.45, 7) is 0. The van der Waals surface area contributed by atoms with Crippen LogP contribution in [-0.2, 0) is 20.6 Å². The normalized spacial score (nSPS) is 22.1. The van der Waals surface area contributed by atoms with E-state index < -0.39 is 41.5 Å². The van der Waals surface area contributed by atoms with E-state index in [2.05, 4.69) is 5.32 Å². The van der Waals surface area contributed by atoms with E-state index in [0.29, 0.717) is 0 Å². The van der Waals surface area contributed by atoms with Crippen molar-refractivity contribution < 1.29 is 32.7 Å². The minimum absolute atomic E-state index is 0.00680. The van der Waals surface area contributed by atoms with Crippen molar-refractivity contribution in [3.05, 3.63) is 29.8 Å². The van der Waals surface area contributed by atoms with Crippen LogP contribution in [0.1, 0.15) is 5.56 Å². The van der Waals surface area contributed by atoms with E-state index in [9.17, 15) is 32.7 Å². The van der Waals surface area contributed by atoms with Crippen LogP contribution in [0.2, 0.25) is 0 Å². The molecule has 3 amide bonds. The highest BCUT2D eigenvalue weighted by molar-refractivity contribution is 6.18. The number of imide groups is 1. The van der Waals surface area contributed by atoms with Crippen LogP contribution in [0.4, 0.5) is 18.9 Å². The smallest absolute Gasteiger partial charge is 0.382 e. The van der Waals surface area contributed by atoms with Gasteiger partial charge in [-0.3, -0.25) is 19.7 Å². The molecule has 1 aromatic rings. The van der Waals surface area contributed by atoms with Crippen molar-refractivity contribution in [2.45, 2.75) is 12.3 Å². The molecular weight excluding hydrogens is 293 g/mol. The zero-order valence-electron chi connectivity index (χ0n) is 10.3. The van der Waals surface area contributed by atoms with Crippen molar-refractivity contribution in [1.82, 2.24) is 5.32 Å². The standard InChI is InChI=1S/C12H9F3N2O4/c13-12(14,15)5-1-3-6(4-2-5)16-9(19)7-8(18)11(21)17-10(7)20/h1-4,7-8,18H,(H,16,19)(H,17,20,21). The minimum atomic E-state index is -4.50. The molecule has 0 radical (unpaired) electrons. The average molecular weight is 302 g/mol. The Bertz CT molecular complexity index is 598. The number of halogens is 3. The second kappa shape index (κ2) is 5.17. The molecule has 2 rings (SSSR count). The van der Waals surface area contributed by atoms with Gasteiger partial charge in [0.1, 0.15) is 0 Å². The topological polar surface area (TPSA) is 95.5 Å². The highest BCUT2D eigenvalue weighted by Crippen LogP contribution is 2.30. The summed E-state index contributed by atoms with van der Waals surface area (Å²) < 4.78 is 37.1. The van der Waals surface area contributed by atoms with Gasteiger partial charge < -0.3 is 10.4 Å². The highest BCUT2D eigenvalue weighted by atomic mass is 19.4. The molecule has 1 aliphatic heterocycles. The summed E-state index contributed by atoms with van der Waals surface area (Å²) >= 11 is 0. The van der Waals surface area contributed by atoms with E-state index in [4.69, 9.17) is 0 Å². The molecule has 0 saturated carbocycles. The van der Waals surface area contributed by atoms with E-state index >= 15 is 0 Å². The Labute approximate surface area is 115 Å². The second-order valence-corrected chi connectivity index (χ2v) is 4.34. The highest BCUT2D eigenvalue weighted by Gasteiger charge is 2.45. The molecule has 2 unspecified atom stereocenters. The summed E-state index contributed by atoms with van der Waals surface area (Å²) in [6.07, 6.45) is -6.32. The summed E-state index contributed by atoms with van der Waals surface area (Å²) in [6, 6.07) is 3.52. The molecule has 1 saturated heterocycles. The molecule has 0 bridgehead atoms. The first-order valence-electron chi connectivity index (χ1n) is 5.71. The molecule has 1 fully saturated rings. The van der Waals surface area contributed by atoms with Gasteiger partial charge in [0.2, 0.25) is 11.8 Å². The van der Waals surface area contributed by atoms with Crippen molar-refractivity contribution in [3.63, 3.8) is 0 Å². The van der Waals surface area contributed by atoms with Crippen LogP contribution in [-0.4, -0.2) is 28.9 Å². The largest absolute Gasteiger partial charge is 0.416 e. The fraction of sp³-hybridized carbons (Fsp3) is 0.250. The second-order valence-electron chi connectivity index (χ2n) is 4.34. The van der Waals surface area contributed by atoms with Gasteiger partial charge in [-0.1, -0.05) is 0 Å². The number of carbonyl (C=O) groups excluding carboxylic acids is 3. The van der Waals surface area contributed by atoms with Gasteiger partial charge in [-0.15, -0.1) is 0 Å². The molecule has 1 aliphatic rings. The third kappa shape index (κ3) is 3.02. The first-order chi connectivity index (χ1) is 9.70. The molecule has 9 heteroatoms. The van der Waals surface area contributed by atoms with Crippen LogP contribution in [0.5, 0.6) is 0 Å². The lowest BCUT2D eigenvalue weighted by Crippen LogP contribution is -2.35. The fourth-order valence-electron chi connectivity index (χ4n) is 1.79. The third-order valence-electron chi connectivity index (χ3n) is 2.88. The van der Waals surface area contributed by atoms with Crippen molar-refractivity contribution >= 4 is 23.4 Å². The molecule has 112 valence electrons. The van der Waals surface area contributed by atoms with Gasteiger partial charge in [-0.2, -0.15) is 13.2 Å². The number of alkyl halides is 3. The van der Waals surface area contributed by atoms with E-state index in [1.807, 2.05) is 0 Å². The van der Waals surface area contributed by atoms with E-state index in [0.717, 1.165) is 24.3 Å².